The summed E-state index contributed by atoms with van der Waals surface area (Å²) in [5, 5.41) is 8.10. The van der Waals surface area contributed by atoms with Crippen molar-refractivity contribution >= 4 is 46.7 Å². The van der Waals surface area contributed by atoms with Gasteiger partial charge in [0.15, 0.2) is 0 Å². The molecule has 0 unspecified atom stereocenters. The van der Waals surface area contributed by atoms with Gasteiger partial charge in [-0.15, -0.1) is 0 Å². The number of hydrogen-bond donors (Lipinski definition) is 3. The molecule has 0 bridgehead atoms. The third kappa shape index (κ3) is 7.21. The monoisotopic (exact) mass is 551 g/mol. The highest BCUT2D eigenvalue weighted by Gasteiger charge is 2.17. The van der Waals surface area contributed by atoms with Gasteiger partial charge in [0, 0.05) is 33.8 Å². The van der Waals surface area contributed by atoms with E-state index in [0.29, 0.717) is 16.9 Å². The third-order valence-electron chi connectivity index (χ3n) is 5.83. The fourth-order valence-corrected chi connectivity index (χ4v) is 3.84. The van der Waals surface area contributed by atoms with E-state index in [1.54, 1.807) is 66.7 Å². The van der Waals surface area contributed by atoms with E-state index in [0.717, 1.165) is 0 Å². The predicted octanol–water partition coefficient (Wildman–Crippen LogP) is 5.02. The first kappa shape index (κ1) is 28.2. The molecule has 0 atom stereocenters. The van der Waals surface area contributed by atoms with Crippen molar-refractivity contribution in [2.24, 2.45) is 0 Å². The second-order valence-electron chi connectivity index (χ2n) is 8.67. The van der Waals surface area contributed by atoms with Gasteiger partial charge < -0.3 is 25.4 Å². The molecule has 4 rings (SSSR count). The van der Waals surface area contributed by atoms with E-state index in [-0.39, 0.29) is 27.9 Å². The van der Waals surface area contributed by atoms with Crippen LogP contribution in [0.15, 0.2) is 97.1 Å². The summed E-state index contributed by atoms with van der Waals surface area (Å²) in [6, 6.07) is 25.0. The lowest BCUT2D eigenvalue weighted by Gasteiger charge is -2.13. The molecule has 0 aliphatic heterocycles. The minimum atomic E-state index is -0.593. The summed E-state index contributed by atoms with van der Waals surface area (Å²) in [5.41, 5.74) is 1.83. The molecule has 0 fully saturated rings. The molecular formula is C31H25N3O7. The first-order chi connectivity index (χ1) is 19.8. The zero-order chi connectivity index (χ0) is 29.4. The van der Waals surface area contributed by atoms with E-state index in [4.69, 9.17) is 9.47 Å². The summed E-state index contributed by atoms with van der Waals surface area (Å²) in [7, 11) is 2.50. The van der Waals surface area contributed by atoms with Gasteiger partial charge in [0.05, 0.1) is 25.3 Å². The van der Waals surface area contributed by atoms with Gasteiger partial charge >= 0.3 is 11.9 Å². The molecule has 0 heterocycles. The quantitative estimate of drug-likeness (QED) is 0.261. The highest BCUT2D eigenvalue weighted by atomic mass is 16.5. The first-order valence-electron chi connectivity index (χ1n) is 12.3. The molecule has 10 nitrogen and oxygen atoms in total. The van der Waals surface area contributed by atoms with E-state index in [9.17, 15) is 24.0 Å². The number of nitrogens with one attached hydrogen (secondary N) is 3. The van der Waals surface area contributed by atoms with Gasteiger partial charge in [-0.25, -0.2) is 9.59 Å². The Kier molecular flexibility index (Phi) is 8.85. The second-order valence-corrected chi connectivity index (χ2v) is 8.67. The fraction of sp³-hybridized carbons (Fsp3) is 0.0645. The van der Waals surface area contributed by atoms with Crippen molar-refractivity contribution < 1.29 is 33.4 Å². The maximum atomic E-state index is 13.2. The van der Waals surface area contributed by atoms with E-state index >= 15 is 0 Å². The number of anilines is 3. The van der Waals surface area contributed by atoms with Gasteiger partial charge in [0.2, 0.25) is 0 Å². The Bertz CT molecular complexity index is 1540. The van der Waals surface area contributed by atoms with Crippen LogP contribution in [0.4, 0.5) is 17.1 Å². The molecule has 0 saturated heterocycles. The average molecular weight is 552 g/mol. The zero-order valence-corrected chi connectivity index (χ0v) is 22.1. The van der Waals surface area contributed by atoms with Gasteiger partial charge in [-0.05, 0) is 66.7 Å². The van der Waals surface area contributed by atoms with E-state index in [1.807, 2.05) is 0 Å². The van der Waals surface area contributed by atoms with Gasteiger partial charge in [-0.3, -0.25) is 14.4 Å². The minimum absolute atomic E-state index is 0.0628. The van der Waals surface area contributed by atoms with Crippen molar-refractivity contribution in [3.63, 3.8) is 0 Å². The van der Waals surface area contributed by atoms with Crippen LogP contribution >= 0.6 is 0 Å². The Labute approximate surface area is 235 Å². The van der Waals surface area contributed by atoms with E-state index in [2.05, 4.69) is 16.0 Å². The number of hydrogen-bond acceptors (Lipinski definition) is 7. The third-order valence-corrected chi connectivity index (χ3v) is 5.83. The van der Waals surface area contributed by atoms with E-state index in [1.165, 1.54) is 44.6 Å². The zero-order valence-electron chi connectivity index (χ0n) is 22.1. The minimum Gasteiger partial charge on any atom is -0.465 e. The summed E-state index contributed by atoms with van der Waals surface area (Å²) in [6.07, 6.45) is 0. The highest BCUT2D eigenvalue weighted by molar-refractivity contribution is 6.12. The van der Waals surface area contributed by atoms with Gasteiger partial charge in [-0.2, -0.15) is 0 Å². The molecule has 0 radical (unpaired) electrons. The molecule has 10 heteroatoms. The smallest absolute Gasteiger partial charge is 0.337 e. The maximum Gasteiger partial charge on any atom is 0.337 e. The van der Waals surface area contributed by atoms with Crippen LogP contribution in [0, 0.1) is 0 Å². The Balaban J connectivity index is 1.65. The number of benzene rings is 4. The molecule has 0 aromatic heterocycles. The van der Waals surface area contributed by atoms with Crippen molar-refractivity contribution in [3.8, 4) is 0 Å². The van der Waals surface area contributed by atoms with Crippen molar-refractivity contribution in [1.82, 2.24) is 0 Å². The van der Waals surface area contributed by atoms with Crippen LogP contribution in [-0.4, -0.2) is 43.9 Å². The lowest BCUT2D eigenvalue weighted by molar-refractivity contribution is 0.0592. The van der Waals surface area contributed by atoms with Gasteiger partial charge in [0.1, 0.15) is 0 Å². The topological polar surface area (TPSA) is 140 Å². The summed E-state index contributed by atoms with van der Waals surface area (Å²) >= 11 is 0. The van der Waals surface area contributed by atoms with Crippen molar-refractivity contribution in [1.29, 1.82) is 0 Å². The average Bonchev–Trinajstić information content (AvgIpc) is 3.00. The number of carbonyl (C=O) groups is 5. The maximum absolute atomic E-state index is 13.2. The molecule has 0 spiro atoms. The van der Waals surface area contributed by atoms with Crippen LogP contribution in [0.2, 0.25) is 0 Å². The summed E-state index contributed by atoms with van der Waals surface area (Å²) in [5.74, 6) is -2.76. The summed E-state index contributed by atoms with van der Waals surface area (Å²) in [4.78, 5) is 63.1. The predicted molar refractivity (Wildman–Crippen MR) is 152 cm³/mol. The number of ether oxygens (including phenoxy) is 2. The normalized spacial score (nSPS) is 10.2. The number of rotatable bonds is 8. The molecule has 3 N–H and O–H groups in total. The molecule has 206 valence electrons. The molecule has 41 heavy (non-hydrogen) atoms. The molecule has 0 saturated carbocycles. The molecule has 0 aliphatic carbocycles. The number of esters is 2. The Morgan fingerprint density at radius 3 is 1.29 bits per heavy atom. The Morgan fingerprint density at radius 1 is 0.439 bits per heavy atom. The van der Waals surface area contributed by atoms with E-state index < -0.39 is 29.7 Å². The van der Waals surface area contributed by atoms with Gasteiger partial charge in [0.25, 0.3) is 17.7 Å². The number of methoxy groups -OCH3 is 2. The largest absolute Gasteiger partial charge is 0.465 e. The van der Waals surface area contributed by atoms with Crippen LogP contribution in [-0.2, 0) is 9.47 Å². The van der Waals surface area contributed by atoms with Crippen molar-refractivity contribution in [3.05, 3.63) is 125 Å². The lowest BCUT2D eigenvalue weighted by atomic mass is 10.1. The van der Waals surface area contributed by atoms with Crippen molar-refractivity contribution in [2.75, 3.05) is 30.2 Å². The standard InChI is InChI=1S/C31H25N3O7/c1-40-30(38)20-10-6-12-24(15-20)32-28(36)22-14-23(18-26(17-22)34-27(35)19-8-4-3-5-9-19)29(37)33-25-13-7-11-21(16-25)31(39)41-2/h3-18H,1-2H3,(H,32,36)(H,33,37)(H,34,35). The Hall–Kier alpha value is -5.77. The van der Waals surface area contributed by atoms with Crippen molar-refractivity contribution in [2.45, 2.75) is 0 Å². The number of amides is 3. The van der Waals surface area contributed by atoms with Crippen LogP contribution in [0.1, 0.15) is 51.8 Å². The molecule has 4 aromatic rings. The molecule has 4 aromatic carbocycles. The molecule has 3 amide bonds. The van der Waals surface area contributed by atoms with Crippen LogP contribution in [0.25, 0.3) is 0 Å². The Morgan fingerprint density at radius 2 is 0.829 bits per heavy atom. The molecular weight excluding hydrogens is 526 g/mol. The lowest BCUT2D eigenvalue weighted by Crippen LogP contribution is -2.18. The second kappa shape index (κ2) is 12.9. The SMILES string of the molecule is COC(=O)c1cccc(NC(=O)c2cc(NC(=O)c3ccccc3)cc(C(=O)Nc3cccc(C(=O)OC)c3)c2)c1. The summed E-state index contributed by atoms with van der Waals surface area (Å²) < 4.78 is 9.45. The summed E-state index contributed by atoms with van der Waals surface area (Å²) in [6.45, 7) is 0. The number of carbonyl (C=O) groups excluding carboxylic acids is 5. The molecule has 0 aliphatic rings. The van der Waals surface area contributed by atoms with Gasteiger partial charge in [-0.1, -0.05) is 30.3 Å². The van der Waals surface area contributed by atoms with Crippen LogP contribution in [0.3, 0.4) is 0 Å². The first-order valence-corrected chi connectivity index (χ1v) is 12.3. The fourth-order valence-electron chi connectivity index (χ4n) is 3.84. The van der Waals surface area contributed by atoms with Crippen LogP contribution in [0.5, 0.6) is 0 Å². The highest BCUT2D eigenvalue weighted by Crippen LogP contribution is 2.21. The van der Waals surface area contributed by atoms with Crippen LogP contribution < -0.4 is 16.0 Å².